The van der Waals surface area contributed by atoms with Crippen molar-refractivity contribution in [3.05, 3.63) is 64.3 Å². The third-order valence-electron chi connectivity index (χ3n) is 3.45. The number of ether oxygens (including phenoxy) is 1. The van der Waals surface area contributed by atoms with Crippen molar-refractivity contribution in [3.63, 3.8) is 0 Å². The number of aryl methyl sites for hydroxylation is 1. The lowest BCUT2D eigenvalue weighted by Crippen LogP contribution is -2.02. The maximum Gasteiger partial charge on any atom is 0.229 e. The monoisotopic (exact) mass is 374 g/mol. The van der Waals surface area contributed by atoms with Crippen molar-refractivity contribution in [3.8, 4) is 5.75 Å². The molecule has 0 aliphatic rings. The van der Waals surface area contributed by atoms with Crippen LogP contribution in [0.25, 0.3) is 0 Å². The summed E-state index contributed by atoms with van der Waals surface area (Å²) in [7, 11) is 1.63. The van der Waals surface area contributed by atoms with Crippen LogP contribution in [0.3, 0.4) is 0 Å². The minimum absolute atomic E-state index is 0.404. The van der Waals surface area contributed by atoms with Gasteiger partial charge in [0, 0.05) is 11.2 Å². The Balaban J connectivity index is 1.85. The largest absolute Gasteiger partial charge is 0.495 e. The minimum atomic E-state index is 0.404. The molecule has 128 valence electrons. The average Bonchev–Trinajstić information content (AvgIpc) is 2.59. The zero-order valence-electron chi connectivity index (χ0n) is 13.7. The van der Waals surface area contributed by atoms with E-state index in [-0.39, 0.29) is 0 Å². The molecular formula is C18H16Cl2N4O. The smallest absolute Gasteiger partial charge is 0.229 e. The van der Waals surface area contributed by atoms with Crippen LogP contribution in [-0.2, 0) is 0 Å². The zero-order chi connectivity index (χ0) is 17.8. The maximum absolute atomic E-state index is 6.16. The molecule has 25 heavy (non-hydrogen) atoms. The van der Waals surface area contributed by atoms with Crippen LogP contribution in [0.2, 0.25) is 10.0 Å². The van der Waals surface area contributed by atoms with Gasteiger partial charge in [-0.05, 0) is 48.9 Å². The molecule has 2 N–H and O–H groups in total. The molecular weight excluding hydrogens is 359 g/mol. The van der Waals surface area contributed by atoms with Crippen LogP contribution in [0.5, 0.6) is 5.75 Å². The summed E-state index contributed by atoms with van der Waals surface area (Å²) in [6.07, 6.45) is 1.65. The second kappa shape index (κ2) is 7.59. The van der Waals surface area contributed by atoms with Gasteiger partial charge in [0.25, 0.3) is 0 Å². The molecule has 0 bridgehead atoms. The molecule has 0 atom stereocenters. The molecule has 0 fully saturated rings. The van der Waals surface area contributed by atoms with E-state index in [9.17, 15) is 0 Å². The van der Waals surface area contributed by atoms with Crippen LogP contribution >= 0.6 is 23.2 Å². The van der Waals surface area contributed by atoms with E-state index in [4.69, 9.17) is 27.9 Å². The summed E-state index contributed by atoms with van der Waals surface area (Å²) in [6, 6.07) is 12.8. The molecule has 7 heteroatoms. The molecule has 5 nitrogen and oxygen atoms in total. The van der Waals surface area contributed by atoms with E-state index in [1.165, 1.54) is 0 Å². The third kappa shape index (κ3) is 4.32. The van der Waals surface area contributed by atoms with Gasteiger partial charge in [0.05, 0.1) is 23.5 Å². The Labute approximate surface area is 156 Å². The van der Waals surface area contributed by atoms with Crippen molar-refractivity contribution in [2.75, 3.05) is 17.7 Å². The van der Waals surface area contributed by atoms with Gasteiger partial charge in [-0.2, -0.15) is 4.98 Å². The average molecular weight is 375 g/mol. The summed E-state index contributed by atoms with van der Waals surface area (Å²) in [6.45, 7) is 2.01. The second-order valence-electron chi connectivity index (χ2n) is 5.34. The van der Waals surface area contributed by atoms with Gasteiger partial charge in [0.1, 0.15) is 11.6 Å². The quantitative estimate of drug-likeness (QED) is 0.609. The number of nitrogens with zero attached hydrogens (tertiary/aromatic N) is 2. The first-order valence-corrected chi connectivity index (χ1v) is 8.27. The lowest BCUT2D eigenvalue weighted by atomic mass is 10.2. The van der Waals surface area contributed by atoms with Crippen LogP contribution < -0.4 is 15.4 Å². The number of rotatable bonds is 5. The SMILES string of the molecule is COc1ccc(C)cc1Nc1ccnc(Nc2cc(Cl)ccc2Cl)n1. The van der Waals surface area contributed by atoms with E-state index in [0.29, 0.717) is 27.5 Å². The van der Waals surface area contributed by atoms with Gasteiger partial charge in [0.2, 0.25) is 5.95 Å². The Morgan fingerprint density at radius 1 is 0.960 bits per heavy atom. The number of anilines is 4. The predicted octanol–water partition coefficient (Wildman–Crippen LogP) is 5.59. The fraction of sp³-hybridized carbons (Fsp3) is 0.111. The molecule has 0 saturated carbocycles. The Bertz CT molecular complexity index is 902. The van der Waals surface area contributed by atoms with Crippen LogP contribution in [0.15, 0.2) is 48.7 Å². The fourth-order valence-corrected chi connectivity index (χ4v) is 2.60. The molecule has 3 rings (SSSR count). The Hall–Kier alpha value is -2.50. The molecule has 0 aliphatic carbocycles. The Morgan fingerprint density at radius 3 is 2.60 bits per heavy atom. The predicted molar refractivity (Wildman–Crippen MR) is 103 cm³/mol. The molecule has 0 amide bonds. The van der Waals surface area contributed by atoms with Gasteiger partial charge in [-0.15, -0.1) is 0 Å². The number of benzene rings is 2. The van der Waals surface area contributed by atoms with E-state index >= 15 is 0 Å². The van der Waals surface area contributed by atoms with E-state index in [0.717, 1.165) is 17.0 Å². The van der Waals surface area contributed by atoms with Crippen molar-refractivity contribution in [1.29, 1.82) is 0 Å². The molecule has 3 aromatic rings. The maximum atomic E-state index is 6.16. The van der Waals surface area contributed by atoms with Crippen molar-refractivity contribution < 1.29 is 4.74 Å². The first kappa shape index (κ1) is 17.3. The van der Waals surface area contributed by atoms with Gasteiger partial charge in [-0.1, -0.05) is 29.3 Å². The normalized spacial score (nSPS) is 10.4. The minimum Gasteiger partial charge on any atom is -0.495 e. The molecule has 0 unspecified atom stereocenters. The highest BCUT2D eigenvalue weighted by Gasteiger charge is 2.07. The summed E-state index contributed by atoms with van der Waals surface area (Å²) in [5.74, 6) is 1.76. The molecule has 0 aliphatic heterocycles. The standard InChI is InChI=1S/C18H16Cl2N4O/c1-11-3-6-16(25-2)15(9-11)22-17-7-8-21-18(24-17)23-14-10-12(19)4-5-13(14)20/h3-10H,1-2H3,(H2,21,22,23,24). The second-order valence-corrected chi connectivity index (χ2v) is 6.19. The zero-order valence-corrected chi connectivity index (χ0v) is 15.2. The highest BCUT2D eigenvalue weighted by molar-refractivity contribution is 6.35. The van der Waals surface area contributed by atoms with Crippen molar-refractivity contribution in [2.24, 2.45) is 0 Å². The number of nitrogens with one attached hydrogen (secondary N) is 2. The van der Waals surface area contributed by atoms with E-state index < -0.39 is 0 Å². The van der Waals surface area contributed by atoms with Crippen LogP contribution in [0.4, 0.5) is 23.1 Å². The number of hydrogen-bond acceptors (Lipinski definition) is 5. The Morgan fingerprint density at radius 2 is 1.80 bits per heavy atom. The molecule has 0 saturated heterocycles. The summed E-state index contributed by atoms with van der Waals surface area (Å²) < 4.78 is 5.37. The molecule has 0 spiro atoms. The summed E-state index contributed by atoms with van der Waals surface area (Å²) in [5.41, 5.74) is 2.58. The van der Waals surface area contributed by atoms with E-state index in [1.54, 1.807) is 37.6 Å². The summed E-state index contributed by atoms with van der Waals surface area (Å²) in [4.78, 5) is 8.66. The number of hydrogen-bond donors (Lipinski definition) is 2. The fourth-order valence-electron chi connectivity index (χ4n) is 2.26. The van der Waals surface area contributed by atoms with Gasteiger partial charge in [-0.3, -0.25) is 0 Å². The van der Waals surface area contributed by atoms with Gasteiger partial charge < -0.3 is 15.4 Å². The lowest BCUT2D eigenvalue weighted by Gasteiger charge is -2.12. The van der Waals surface area contributed by atoms with Gasteiger partial charge >= 0.3 is 0 Å². The van der Waals surface area contributed by atoms with Crippen LogP contribution in [0, 0.1) is 6.92 Å². The summed E-state index contributed by atoms with van der Waals surface area (Å²) in [5, 5.41) is 7.42. The third-order valence-corrected chi connectivity index (χ3v) is 4.01. The topological polar surface area (TPSA) is 59.1 Å². The lowest BCUT2D eigenvalue weighted by molar-refractivity contribution is 0.416. The Kier molecular flexibility index (Phi) is 5.26. The van der Waals surface area contributed by atoms with Gasteiger partial charge in [0.15, 0.2) is 0 Å². The number of aromatic nitrogens is 2. The van der Waals surface area contributed by atoms with Crippen molar-refractivity contribution in [1.82, 2.24) is 9.97 Å². The molecule has 2 aromatic carbocycles. The van der Waals surface area contributed by atoms with Crippen molar-refractivity contribution in [2.45, 2.75) is 6.92 Å². The van der Waals surface area contributed by atoms with E-state index in [2.05, 4.69) is 20.6 Å². The molecule has 1 heterocycles. The van der Waals surface area contributed by atoms with Gasteiger partial charge in [-0.25, -0.2) is 4.98 Å². The van der Waals surface area contributed by atoms with Crippen LogP contribution in [-0.4, -0.2) is 17.1 Å². The van der Waals surface area contributed by atoms with Crippen molar-refractivity contribution >= 4 is 46.3 Å². The van der Waals surface area contributed by atoms with E-state index in [1.807, 2.05) is 25.1 Å². The highest BCUT2D eigenvalue weighted by Crippen LogP contribution is 2.30. The number of halogens is 2. The van der Waals surface area contributed by atoms with Crippen LogP contribution in [0.1, 0.15) is 5.56 Å². The molecule has 1 aromatic heterocycles. The molecule has 0 radical (unpaired) electrons. The number of methoxy groups -OCH3 is 1. The first-order valence-electron chi connectivity index (χ1n) is 7.52. The summed E-state index contributed by atoms with van der Waals surface area (Å²) >= 11 is 12.2. The highest BCUT2D eigenvalue weighted by atomic mass is 35.5. The first-order chi connectivity index (χ1) is 12.0.